The number of hydrogen-bond acceptors (Lipinski definition) is 1. The first kappa shape index (κ1) is 7.57. The highest BCUT2D eigenvalue weighted by atomic mass is 16.5. The van der Waals surface area contributed by atoms with E-state index in [2.05, 4.69) is 24.3 Å². The normalized spacial score (nSPS) is 23.7. The number of hydrogen-bond donors (Lipinski definition) is 0. The number of rotatable bonds is 0. The molecule has 3 rings (SSSR count). The average Bonchev–Trinajstić information content (AvgIpc) is 2.72. The molecule has 1 aliphatic carbocycles. The van der Waals surface area contributed by atoms with Crippen LogP contribution in [-0.2, 0) is 17.6 Å². The molecular weight excluding hydrogens is 160 g/mol. The molecule has 1 nitrogen and oxygen atoms in total. The van der Waals surface area contributed by atoms with Crippen LogP contribution < -0.4 is 0 Å². The Hall–Kier alpha value is -0.820. The molecule has 1 spiro atoms. The van der Waals surface area contributed by atoms with Crippen LogP contribution in [0.5, 0.6) is 0 Å². The largest absolute Gasteiger partial charge is 0.381 e. The molecule has 0 radical (unpaired) electrons. The summed E-state index contributed by atoms with van der Waals surface area (Å²) < 4.78 is 5.51. The molecule has 0 atom stereocenters. The van der Waals surface area contributed by atoms with Crippen LogP contribution in [0.25, 0.3) is 0 Å². The highest BCUT2D eigenvalue weighted by Gasteiger charge is 2.40. The van der Waals surface area contributed by atoms with Crippen molar-refractivity contribution in [3.05, 3.63) is 35.4 Å². The van der Waals surface area contributed by atoms with E-state index < -0.39 is 0 Å². The standard InChI is InChI=1S/C12H14O/c1-2-4-11-8-12(5-6-13-9-12)7-10(11)3-1/h1-4H,5-9H2. The molecule has 1 aromatic carbocycles. The quantitative estimate of drug-likeness (QED) is 0.586. The Morgan fingerprint density at radius 2 is 1.77 bits per heavy atom. The zero-order valence-corrected chi connectivity index (χ0v) is 7.75. The van der Waals surface area contributed by atoms with E-state index >= 15 is 0 Å². The molecule has 0 unspecified atom stereocenters. The molecule has 68 valence electrons. The second kappa shape index (κ2) is 2.58. The molecule has 0 saturated carbocycles. The van der Waals surface area contributed by atoms with Gasteiger partial charge in [0.1, 0.15) is 0 Å². The average molecular weight is 174 g/mol. The number of ether oxygens (including phenoxy) is 1. The van der Waals surface area contributed by atoms with Crippen molar-refractivity contribution < 1.29 is 4.74 Å². The van der Waals surface area contributed by atoms with E-state index in [-0.39, 0.29) is 0 Å². The fraction of sp³-hybridized carbons (Fsp3) is 0.500. The summed E-state index contributed by atoms with van der Waals surface area (Å²) >= 11 is 0. The van der Waals surface area contributed by atoms with Gasteiger partial charge in [-0.2, -0.15) is 0 Å². The summed E-state index contributed by atoms with van der Waals surface area (Å²) in [5.41, 5.74) is 3.57. The molecule has 0 N–H and O–H groups in total. The molecule has 1 heteroatoms. The molecule has 2 aliphatic rings. The Morgan fingerprint density at radius 1 is 1.08 bits per heavy atom. The van der Waals surface area contributed by atoms with Gasteiger partial charge >= 0.3 is 0 Å². The van der Waals surface area contributed by atoms with Gasteiger partial charge in [0.15, 0.2) is 0 Å². The molecular formula is C12H14O. The van der Waals surface area contributed by atoms with Gasteiger partial charge in [-0.05, 0) is 30.4 Å². The SMILES string of the molecule is c1ccc2c(c1)CC1(CCOC1)C2. The second-order valence-corrected chi connectivity index (χ2v) is 4.42. The topological polar surface area (TPSA) is 9.23 Å². The Morgan fingerprint density at radius 3 is 2.31 bits per heavy atom. The molecule has 13 heavy (non-hydrogen) atoms. The van der Waals surface area contributed by atoms with Crippen molar-refractivity contribution >= 4 is 0 Å². The van der Waals surface area contributed by atoms with E-state index in [1.165, 1.54) is 19.3 Å². The van der Waals surface area contributed by atoms with Crippen molar-refractivity contribution in [1.82, 2.24) is 0 Å². The van der Waals surface area contributed by atoms with Crippen molar-refractivity contribution in [2.45, 2.75) is 19.3 Å². The summed E-state index contributed by atoms with van der Waals surface area (Å²) in [6, 6.07) is 8.83. The molecule has 0 amide bonds. The van der Waals surface area contributed by atoms with E-state index in [1.807, 2.05) is 0 Å². The van der Waals surface area contributed by atoms with Gasteiger partial charge in [-0.25, -0.2) is 0 Å². The fourth-order valence-corrected chi connectivity index (χ4v) is 2.70. The van der Waals surface area contributed by atoms with Gasteiger partial charge in [-0.15, -0.1) is 0 Å². The van der Waals surface area contributed by atoms with Crippen LogP contribution in [0.4, 0.5) is 0 Å². The van der Waals surface area contributed by atoms with Crippen molar-refractivity contribution in [2.24, 2.45) is 5.41 Å². The lowest BCUT2D eigenvalue weighted by atomic mass is 9.84. The van der Waals surface area contributed by atoms with Crippen molar-refractivity contribution in [2.75, 3.05) is 13.2 Å². The van der Waals surface area contributed by atoms with E-state index in [4.69, 9.17) is 4.74 Å². The van der Waals surface area contributed by atoms with E-state index in [9.17, 15) is 0 Å². The number of fused-ring (bicyclic) bond motifs is 1. The summed E-state index contributed by atoms with van der Waals surface area (Å²) in [5.74, 6) is 0. The van der Waals surface area contributed by atoms with Crippen LogP contribution in [0.1, 0.15) is 17.5 Å². The van der Waals surface area contributed by atoms with Gasteiger partial charge in [0.25, 0.3) is 0 Å². The van der Waals surface area contributed by atoms with Crippen LogP contribution >= 0.6 is 0 Å². The lowest BCUT2D eigenvalue weighted by molar-refractivity contribution is 0.156. The smallest absolute Gasteiger partial charge is 0.0529 e. The van der Waals surface area contributed by atoms with Crippen LogP contribution in [0.2, 0.25) is 0 Å². The minimum atomic E-state index is 0.476. The molecule has 1 heterocycles. The van der Waals surface area contributed by atoms with Gasteiger partial charge in [-0.3, -0.25) is 0 Å². The first-order valence-electron chi connectivity index (χ1n) is 5.03. The zero-order chi connectivity index (χ0) is 8.73. The van der Waals surface area contributed by atoms with Crippen molar-refractivity contribution in [1.29, 1.82) is 0 Å². The predicted molar refractivity (Wildman–Crippen MR) is 51.7 cm³/mol. The van der Waals surface area contributed by atoms with Gasteiger partial charge in [0.2, 0.25) is 0 Å². The fourth-order valence-electron chi connectivity index (χ4n) is 2.70. The maximum absolute atomic E-state index is 5.51. The maximum Gasteiger partial charge on any atom is 0.0529 e. The Balaban J connectivity index is 1.96. The highest BCUT2D eigenvalue weighted by Crippen LogP contribution is 2.42. The van der Waals surface area contributed by atoms with Gasteiger partial charge in [0.05, 0.1) is 6.61 Å². The van der Waals surface area contributed by atoms with Crippen LogP contribution in [-0.4, -0.2) is 13.2 Å². The highest BCUT2D eigenvalue weighted by molar-refractivity contribution is 5.34. The van der Waals surface area contributed by atoms with E-state index in [0.717, 1.165) is 13.2 Å². The molecule has 1 aromatic rings. The Kier molecular flexibility index (Phi) is 1.50. The molecule has 0 aromatic heterocycles. The molecule has 0 bridgehead atoms. The first-order chi connectivity index (χ1) is 6.38. The van der Waals surface area contributed by atoms with Crippen LogP contribution in [0.3, 0.4) is 0 Å². The lowest BCUT2D eigenvalue weighted by Gasteiger charge is -2.19. The molecule has 1 aliphatic heterocycles. The monoisotopic (exact) mass is 174 g/mol. The summed E-state index contributed by atoms with van der Waals surface area (Å²) in [6.45, 7) is 1.94. The predicted octanol–water partition coefficient (Wildman–Crippen LogP) is 2.19. The summed E-state index contributed by atoms with van der Waals surface area (Å²) in [4.78, 5) is 0. The first-order valence-corrected chi connectivity index (χ1v) is 5.03. The third kappa shape index (κ3) is 1.11. The minimum absolute atomic E-state index is 0.476. The van der Waals surface area contributed by atoms with Crippen molar-refractivity contribution in [3.63, 3.8) is 0 Å². The Bertz CT molecular complexity index is 297. The van der Waals surface area contributed by atoms with Gasteiger partial charge in [-0.1, -0.05) is 24.3 Å². The minimum Gasteiger partial charge on any atom is -0.381 e. The lowest BCUT2D eigenvalue weighted by Crippen LogP contribution is -2.20. The van der Waals surface area contributed by atoms with Crippen molar-refractivity contribution in [3.8, 4) is 0 Å². The maximum atomic E-state index is 5.51. The zero-order valence-electron chi connectivity index (χ0n) is 7.75. The summed E-state index contributed by atoms with van der Waals surface area (Å²) in [5, 5.41) is 0. The summed E-state index contributed by atoms with van der Waals surface area (Å²) in [6.07, 6.45) is 3.73. The Labute approximate surface area is 78.7 Å². The van der Waals surface area contributed by atoms with Crippen LogP contribution in [0.15, 0.2) is 24.3 Å². The van der Waals surface area contributed by atoms with E-state index in [0.29, 0.717) is 5.41 Å². The number of benzene rings is 1. The third-order valence-electron chi connectivity index (χ3n) is 3.43. The molecule has 1 fully saturated rings. The summed E-state index contributed by atoms with van der Waals surface area (Å²) in [7, 11) is 0. The second-order valence-electron chi connectivity index (χ2n) is 4.42. The van der Waals surface area contributed by atoms with Gasteiger partial charge in [0, 0.05) is 12.0 Å². The van der Waals surface area contributed by atoms with Gasteiger partial charge < -0.3 is 4.74 Å². The van der Waals surface area contributed by atoms with E-state index in [1.54, 1.807) is 11.1 Å². The molecule has 1 saturated heterocycles. The van der Waals surface area contributed by atoms with Crippen LogP contribution in [0, 0.1) is 5.41 Å². The third-order valence-corrected chi connectivity index (χ3v) is 3.43.